The molecule has 0 bridgehead atoms. The van der Waals surface area contributed by atoms with Crippen molar-refractivity contribution in [1.29, 1.82) is 0 Å². The van der Waals surface area contributed by atoms with Crippen molar-refractivity contribution in [3.05, 3.63) is 17.7 Å². The van der Waals surface area contributed by atoms with Crippen LogP contribution in [0.5, 0.6) is 17.2 Å². The summed E-state index contributed by atoms with van der Waals surface area (Å²) in [4.78, 5) is 2.02. The fourth-order valence-electron chi connectivity index (χ4n) is 1.89. The molecular weight excluding hydrogens is 246 g/mol. The van der Waals surface area contributed by atoms with Crippen LogP contribution in [0.4, 0.5) is 0 Å². The Hall–Kier alpha value is -1.46. The minimum atomic E-state index is -0.641. The average molecular weight is 269 g/mol. The lowest BCUT2D eigenvalue weighted by atomic mass is 10.0. The van der Waals surface area contributed by atoms with Gasteiger partial charge in [-0.25, -0.2) is 0 Å². The Balaban J connectivity index is 3.08. The maximum atomic E-state index is 10.3. The normalized spacial score (nSPS) is 12.4. The third kappa shape index (κ3) is 4.01. The number of methoxy groups -OCH3 is 3. The van der Waals surface area contributed by atoms with Gasteiger partial charge in [0.2, 0.25) is 0 Å². The molecule has 5 heteroatoms. The summed E-state index contributed by atoms with van der Waals surface area (Å²) < 4.78 is 15.8. The molecule has 5 nitrogen and oxygen atoms in total. The first-order valence-electron chi connectivity index (χ1n) is 6.16. The molecule has 0 aliphatic heterocycles. The summed E-state index contributed by atoms with van der Waals surface area (Å²) in [6.45, 7) is 0.777. The molecule has 0 aliphatic carbocycles. The molecule has 1 N–H and O–H groups in total. The lowest BCUT2D eigenvalue weighted by Gasteiger charge is -2.20. The van der Waals surface area contributed by atoms with Crippen molar-refractivity contribution in [2.24, 2.45) is 0 Å². The summed E-state index contributed by atoms with van der Waals surface area (Å²) in [6, 6.07) is 3.49. The number of rotatable bonds is 7. The molecule has 0 radical (unpaired) electrons. The zero-order valence-electron chi connectivity index (χ0n) is 12.3. The molecule has 1 aromatic carbocycles. The fraction of sp³-hybridized carbons (Fsp3) is 0.571. The molecule has 0 saturated heterocycles. The van der Waals surface area contributed by atoms with Crippen molar-refractivity contribution in [3.63, 3.8) is 0 Å². The summed E-state index contributed by atoms with van der Waals surface area (Å²) >= 11 is 0. The Kier molecular flexibility index (Phi) is 5.92. The van der Waals surface area contributed by atoms with E-state index < -0.39 is 6.10 Å². The minimum Gasteiger partial charge on any atom is -0.496 e. The maximum absolute atomic E-state index is 10.3. The Labute approximate surface area is 114 Å². The zero-order chi connectivity index (χ0) is 14.4. The zero-order valence-corrected chi connectivity index (χ0v) is 12.3. The van der Waals surface area contributed by atoms with Gasteiger partial charge < -0.3 is 24.2 Å². The highest BCUT2D eigenvalue weighted by molar-refractivity contribution is 5.51. The van der Waals surface area contributed by atoms with Crippen molar-refractivity contribution in [1.82, 2.24) is 4.90 Å². The van der Waals surface area contributed by atoms with Crippen molar-refractivity contribution in [2.75, 3.05) is 42.0 Å². The molecule has 19 heavy (non-hydrogen) atoms. The number of aliphatic hydroxyl groups excluding tert-OH is 1. The molecule has 0 aliphatic rings. The first-order valence-corrected chi connectivity index (χ1v) is 6.16. The molecule has 0 saturated carbocycles. The third-order valence-corrected chi connectivity index (χ3v) is 2.94. The predicted octanol–water partition coefficient (Wildman–Crippen LogP) is 1.70. The van der Waals surface area contributed by atoms with Crippen LogP contribution in [0.25, 0.3) is 0 Å². The van der Waals surface area contributed by atoms with Gasteiger partial charge >= 0.3 is 0 Å². The highest BCUT2D eigenvalue weighted by atomic mass is 16.5. The summed E-state index contributed by atoms with van der Waals surface area (Å²) in [6.07, 6.45) is -0.0373. The quantitative estimate of drug-likeness (QED) is 0.816. The van der Waals surface area contributed by atoms with Crippen LogP contribution in [0.2, 0.25) is 0 Å². The Morgan fingerprint density at radius 3 is 1.95 bits per heavy atom. The van der Waals surface area contributed by atoms with Crippen molar-refractivity contribution in [2.45, 2.75) is 12.5 Å². The van der Waals surface area contributed by atoms with Crippen LogP contribution in [0, 0.1) is 0 Å². The number of hydrogen-bond donors (Lipinski definition) is 1. The van der Waals surface area contributed by atoms with Crippen molar-refractivity contribution in [3.8, 4) is 17.2 Å². The third-order valence-electron chi connectivity index (χ3n) is 2.94. The molecule has 1 unspecified atom stereocenters. The molecule has 1 aromatic rings. The number of hydrogen-bond acceptors (Lipinski definition) is 5. The molecule has 108 valence electrons. The van der Waals surface area contributed by atoms with Crippen LogP contribution >= 0.6 is 0 Å². The molecule has 0 aromatic heterocycles. The van der Waals surface area contributed by atoms with Crippen LogP contribution < -0.4 is 14.2 Å². The number of ether oxygens (including phenoxy) is 3. The molecule has 0 heterocycles. The van der Waals surface area contributed by atoms with Gasteiger partial charge in [0, 0.05) is 18.7 Å². The van der Waals surface area contributed by atoms with E-state index in [-0.39, 0.29) is 0 Å². The molecule has 0 amide bonds. The van der Waals surface area contributed by atoms with Gasteiger partial charge in [-0.05, 0) is 20.5 Å². The van der Waals surface area contributed by atoms with E-state index in [1.807, 2.05) is 19.0 Å². The first kappa shape index (κ1) is 15.6. The highest BCUT2D eigenvalue weighted by Gasteiger charge is 2.20. The SMILES string of the molecule is COc1cc(OC)c(C(O)CCN(C)C)c(OC)c1. The van der Waals surface area contributed by atoms with Gasteiger partial charge in [-0.15, -0.1) is 0 Å². The van der Waals surface area contributed by atoms with Gasteiger partial charge in [-0.2, -0.15) is 0 Å². The van der Waals surface area contributed by atoms with E-state index >= 15 is 0 Å². The monoisotopic (exact) mass is 269 g/mol. The van der Waals surface area contributed by atoms with E-state index in [9.17, 15) is 5.11 Å². The van der Waals surface area contributed by atoms with Gasteiger partial charge in [0.25, 0.3) is 0 Å². The second-order valence-corrected chi connectivity index (χ2v) is 4.55. The van der Waals surface area contributed by atoms with Gasteiger partial charge in [-0.3, -0.25) is 0 Å². The molecule has 1 atom stereocenters. The lowest BCUT2D eigenvalue weighted by Crippen LogP contribution is -2.16. The number of nitrogens with zero attached hydrogens (tertiary/aromatic N) is 1. The van der Waals surface area contributed by atoms with Crippen LogP contribution in [0.15, 0.2) is 12.1 Å². The number of benzene rings is 1. The van der Waals surface area contributed by atoms with Gasteiger partial charge in [0.15, 0.2) is 0 Å². The second-order valence-electron chi connectivity index (χ2n) is 4.55. The van der Waals surface area contributed by atoms with E-state index in [1.54, 1.807) is 33.5 Å². The maximum Gasteiger partial charge on any atom is 0.132 e. The minimum absolute atomic E-state index is 0.572. The molecule has 0 spiro atoms. The van der Waals surface area contributed by atoms with E-state index in [4.69, 9.17) is 14.2 Å². The molecule has 1 rings (SSSR count). The van der Waals surface area contributed by atoms with Crippen LogP contribution in [-0.4, -0.2) is 52.0 Å². The van der Waals surface area contributed by atoms with E-state index in [0.29, 0.717) is 29.2 Å². The lowest BCUT2D eigenvalue weighted by molar-refractivity contribution is 0.146. The fourth-order valence-corrected chi connectivity index (χ4v) is 1.89. The Morgan fingerprint density at radius 2 is 1.58 bits per heavy atom. The van der Waals surface area contributed by atoms with Gasteiger partial charge in [0.05, 0.1) is 33.0 Å². The smallest absolute Gasteiger partial charge is 0.132 e. The van der Waals surface area contributed by atoms with Crippen molar-refractivity contribution < 1.29 is 19.3 Å². The Bertz CT molecular complexity index is 381. The summed E-state index contributed by atoms with van der Waals surface area (Å²) in [5.74, 6) is 1.78. The van der Waals surface area contributed by atoms with Crippen LogP contribution in [0.1, 0.15) is 18.1 Å². The summed E-state index contributed by atoms with van der Waals surface area (Å²) in [5.41, 5.74) is 0.660. The molecular formula is C14H23NO4. The largest absolute Gasteiger partial charge is 0.496 e. The summed E-state index contributed by atoms with van der Waals surface area (Å²) in [5, 5.41) is 10.3. The van der Waals surface area contributed by atoms with E-state index in [2.05, 4.69) is 0 Å². The van der Waals surface area contributed by atoms with E-state index in [1.165, 1.54) is 0 Å². The second kappa shape index (κ2) is 7.21. The van der Waals surface area contributed by atoms with Crippen LogP contribution in [-0.2, 0) is 0 Å². The Morgan fingerprint density at radius 1 is 1.05 bits per heavy atom. The van der Waals surface area contributed by atoms with E-state index in [0.717, 1.165) is 6.54 Å². The summed E-state index contributed by atoms with van der Waals surface area (Å²) in [7, 11) is 8.65. The van der Waals surface area contributed by atoms with Crippen molar-refractivity contribution >= 4 is 0 Å². The van der Waals surface area contributed by atoms with Gasteiger partial charge in [0.1, 0.15) is 17.2 Å². The topological polar surface area (TPSA) is 51.2 Å². The molecule has 0 fully saturated rings. The highest BCUT2D eigenvalue weighted by Crippen LogP contribution is 2.39. The number of aliphatic hydroxyl groups is 1. The van der Waals surface area contributed by atoms with Crippen LogP contribution in [0.3, 0.4) is 0 Å². The van der Waals surface area contributed by atoms with Gasteiger partial charge in [-0.1, -0.05) is 0 Å². The average Bonchev–Trinajstić information content (AvgIpc) is 2.42. The predicted molar refractivity (Wildman–Crippen MR) is 74.2 cm³/mol. The first-order chi connectivity index (χ1) is 9.03. The standard InChI is InChI=1S/C14H23NO4/c1-15(2)7-6-11(16)14-12(18-4)8-10(17-3)9-13(14)19-5/h8-9,11,16H,6-7H2,1-5H3.